The molecule has 10 aromatic rings. The maximum Gasteiger partial charge on any atom is 0.291 e. The number of nitrogens with one attached hydrogen (secondary N) is 10. The summed E-state index contributed by atoms with van der Waals surface area (Å²) in [5, 5.41) is 35.7. The number of H-pyrrole nitrogens is 1. The molecule has 7 heterocycles. The molecule has 9 amide bonds. The highest BCUT2D eigenvalue weighted by molar-refractivity contribution is 6.06. The van der Waals surface area contributed by atoms with Crippen LogP contribution in [0.4, 0.5) is 27.4 Å². The van der Waals surface area contributed by atoms with Crippen LogP contribution in [0.5, 0.6) is 17.2 Å². The molecule has 0 bridgehead atoms. The Morgan fingerprint density at radius 2 is 0.922 bits per heavy atom. The number of nitrogens with zero attached hydrogens (tertiary/aromatic N) is 9. The number of aliphatic hydroxyl groups is 1. The SMILES string of the molecule is Cc1cc(F)cc(C)c1Oc1ccc(C(C)(C)O)cc1-c1cn(C)c(=O)c2[nH]c(C(=O)NCc3ccc(OCCOCCOCCOCCOCCOCCOCCOCCOCCNC(=O)CCNC(=O)c4nc(NC(=O)CCNC(=O)c5cc(NC(=O)c6nc(NC(=O)CCNC(=O)c7cc(NC(=O)c8nccn8C)cn7C)cn6C)cn5C)cn4C)cc3)cc12. The first-order valence-corrected chi connectivity index (χ1v) is 41.3. The number of amides is 9. The van der Waals surface area contributed by atoms with Crippen LogP contribution in [0.3, 0.4) is 0 Å². The van der Waals surface area contributed by atoms with Crippen LogP contribution in [0.25, 0.3) is 22.0 Å². The van der Waals surface area contributed by atoms with E-state index in [4.69, 9.17) is 47.4 Å². The number of ether oxygens (including phenoxy) is 10. The van der Waals surface area contributed by atoms with E-state index in [-0.39, 0.29) is 133 Å². The van der Waals surface area contributed by atoms with E-state index in [0.717, 1.165) is 5.56 Å². The van der Waals surface area contributed by atoms with Crippen LogP contribution in [0.15, 0.2) is 121 Å². The second kappa shape index (κ2) is 47.9. The predicted molar refractivity (Wildman–Crippen MR) is 467 cm³/mol. The van der Waals surface area contributed by atoms with Gasteiger partial charge in [0.05, 0.1) is 123 Å². The zero-order chi connectivity index (χ0) is 91.8. The van der Waals surface area contributed by atoms with E-state index in [0.29, 0.717) is 162 Å². The van der Waals surface area contributed by atoms with Gasteiger partial charge in [-0.1, -0.05) is 18.2 Å². The number of carbonyl (C=O) groups is 9. The van der Waals surface area contributed by atoms with E-state index < -0.39 is 52.9 Å². The third-order valence-corrected chi connectivity index (χ3v) is 19.5. The number of hydrogen-bond donors (Lipinski definition) is 11. The molecule has 11 N–H and O–H groups in total. The van der Waals surface area contributed by atoms with Crippen molar-refractivity contribution in [2.75, 3.05) is 160 Å². The zero-order valence-corrected chi connectivity index (χ0v) is 73.2. The third-order valence-electron chi connectivity index (χ3n) is 19.5. The van der Waals surface area contributed by atoms with Gasteiger partial charge in [0, 0.05) is 154 Å². The topological polar surface area (TPSA) is 476 Å². The average molecular weight is 1780 g/mol. The Bertz CT molecular complexity index is 5520. The number of rotatable bonds is 53. The monoisotopic (exact) mass is 1780 g/mol. The molecule has 0 saturated heterocycles. The lowest BCUT2D eigenvalue weighted by molar-refractivity contribution is -0.121. The number of anilines is 4. The molecule has 0 saturated carbocycles. The number of aromatic nitrogens is 10. The normalized spacial score (nSPS) is 11.4. The third kappa shape index (κ3) is 29.2. The lowest BCUT2D eigenvalue weighted by Crippen LogP contribution is -2.33. The van der Waals surface area contributed by atoms with Gasteiger partial charge in [-0.2, -0.15) is 0 Å². The number of pyridine rings is 1. The summed E-state index contributed by atoms with van der Waals surface area (Å²) in [6.07, 6.45) is 10.4. The summed E-state index contributed by atoms with van der Waals surface area (Å²) in [4.78, 5) is 146. The minimum Gasteiger partial charge on any atom is -0.491 e. The number of aryl methyl sites for hydroxylation is 8. The summed E-state index contributed by atoms with van der Waals surface area (Å²) in [5.74, 6) is -3.01. The van der Waals surface area contributed by atoms with Gasteiger partial charge in [0.25, 0.3) is 41.0 Å². The van der Waals surface area contributed by atoms with E-state index in [2.05, 4.69) is 67.8 Å². The molecule has 10 rings (SSSR count). The van der Waals surface area contributed by atoms with E-state index in [1.165, 1.54) is 71.9 Å². The standard InChI is InChI=1S/C87H110FN19O21/c1-55-43-59(88)44-56(2)76(55)128-69-16-13-58(87(3,4)118)45-63(69)65-52-107(10)86(117)75-64(65)48-66(97-75)80(111)94-49-57-11-14-62(15-12-57)127-42-41-126-40-39-125-38-37-124-36-35-123-34-33-122-32-31-121-30-29-120-28-27-119-26-24-89-72(108)17-20-93-83(114)78-100-70(53-105(78)8)98-73(109)18-21-92-82(113)68-47-61(51-104(68)7)96-85(116)79-101-71(54-106(79)9)99-74(110)19-22-91-81(112)67-46-60(50-103(67)6)95-84(115)77-90-23-25-102(77)5/h11-16,23,25,43-48,50-54,97,118H,17-22,24,26-42,49H2,1-10H3,(H,89,108)(H,91,112)(H,92,113)(H,93,114)(H,94,111)(H,95,115)(H,96,116)(H,98,109)(H,99,110). The van der Waals surface area contributed by atoms with Crippen molar-refractivity contribution in [2.24, 2.45) is 42.3 Å². The minimum atomic E-state index is -1.22. The molecule has 0 atom stereocenters. The second-order valence-corrected chi connectivity index (χ2v) is 30.1. The van der Waals surface area contributed by atoms with Crippen LogP contribution in [0.1, 0.15) is 119 Å². The molecule has 40 nitrogen and oxygen atoms in total. The van der Waals surface area contributed by atoms with Crippen LogP contribution in [-0.2, 0) is 107 Å². The van der Waals surface area contributed by atoms with Gasteiger partial charge in [0.1, 0.15) is 52.3 Å². The molecular weight excluding hydrogens is 1670 g/mol. The highest BCUT2D eigenvalue weighted by Gasteiger charge is 2.27. The van der Waals surface area contributed by atoms with Crippen molar-refractivity contribution in [3.05, 3.63) is 189 Å². The van der Waals surface area contributed by atoms with Crippen LogP contribution in [0, 0.1) is 19.7 Å². The van der Waals surface area contributed by atoms with Gasteiger partial charge in [0.2, 0.25) is 29.4 Å². The highest BCUT2D eigenvalue weighted by atomic mass is 19.1. The first-order chi connectivity index (χ1) is 61.5. The number of benzene rings is 3. The van der Waals surface area contributed by atoms with Crippen LogP contribution in [0.2, 0.25) is 0 Å². The maximum absolute atomic E-state index is 14.3. The first kappa shape index (κ1) is 96.9. The molecule has 686 valence electrons. The molecule has 0 spiro atoms. The molecule has 7 aromatic heterocycles. The summed E-state index contributed by atoms with van der Waals surface area (Å²) >= 11 is 0. The summed E-state index contributed by atoms with van der Waals surface area (Å²) in [6, 6.07) is 19.9. The smallest absolute Gasteiger partial charge is 0.291 e. The average Bonchev–Trinajstić information content (AvgIpc) is 1.49. The molecule has 0 radical (unpaired) electrons. The van der Waals surface area contributed by atoms with Crippen molar-refractivity contribution in [2.45, 2.75) is 59.1 Å². The number of halogens is 1. The van der Waals surface area contributed by atoms with E-state index in [1.807, 2.05) is 12.1 Å². The molecular formula is C87H110FN19O21. The number of aromatic amines is 1. The number of fused-ring (bicyclic) bond motifs is 1. The Hall–Kier alpha value is -13.3. The van der Waals surface area contributed by atoms with Crippen LogP contribution in [-0.4, -0.2) is 244 Å². The Morgan fingerprint density at radius 1 is 0.453 bits per heavy atom. The summed E-state index contributed by atoms with van der Waals surface area (Å²) in [6.45, 7) is 13.4. The summed E-state index contributed by atoms with van der Waals surface area (Å²) in [5.41, 5.74) is 3.57. The maximum atomic E-state index is 14.3. The molecule has 0 unspecified atom stereocenters. The van der Waals surface area contributed by atoms with Crippen molar-refractivity contribution in [1.29, 1.82) is 0 Å². The fraction of sp³-hybridized carbons (Fsp3) is 0.414. The Balaban J connectivity index is 0.472. The molecule has 0 aliphatic heterocycles. The number of imidazole rings is 3. The van der Waals surface area contributed by atoms with Gasteiger partial charge in [-0.3, -0.25) is 47.9 Å². The van der Waals surface area contributed by atoms with Gasteiger partial charge in [0.15, 0.2) is 17.5 Å². The van der Waals surface area contributed by atoms with Crippen molar-refractivity contribution in [3.8, 4) is 28.4 Å². The Kier molecular flexibility index (Phi) is 36.3. The largest absolute Gasteiger partial charge is 0.491 e. The summed E-state index contributed by atoms with van der Waals surface area (Å²) in [7, 11) is 9.64. The van der Waals surface area contributed by atoms with Crippen LogP contribution >= 0.6 is 0 Å². The van der Waals surface area contributed by atoms with E-state index >= 15 is 0 Å². The summed E-state index contributed by atoms with van der Waals surface area (Å²) < 4.78 is 79.9. The van der Waals surface area contributed by atoms with Gasteiger partial charge < -0.3 is 133 Å². The molecule has 0 fully saturated rings. The second-order valence-electron chi connectivity index (χ2n) is 30.1. The van der Waals surface area contributed by atoms with Crippen LogP contribution < -0.4 is 62.9 Å². The fourth-order valence-electron chi connectivity index (χ4n) is 12.9. The van der Waals surface area contributed by atoms with Crippen molar-refractivity contribution in [3.63, 3.8) is 0 Å². The van der Waals surface area contributed by atoms with Gasteiger partial charge in [-0.05, 0) is 105 Å². The lowest BCUT2D eigenvalue weighted by atomic mass is 9.93. The molecule has 41 heteroatoms. The minimum absolute atomic E-state index is 0.0125. The van der Waals surface area contributed by atoms with Gasteiger partial charge >= 0.3 is 0 Å². The Labute approximate surface area is 736 Å². The predicted octanol–water partition coefficient (Wildman–Crippen LogP) is 5.59. The number of carbonyl (C=O) groups excluding carboxylic acids is 9. The van der Waals surface area contributed by atoms with E-state index in [9.17, 15) is 57.4 Å². The molecule has 128 heavy (non-hydrogen) atoms. The zero-order valence-electron chi connectivity index (χ0n) is 73.2. The lowest BCUT2D eigenvalue weighted by Gasteiger charge is -2.22. The Morgan fingerprint density at radius 3 is 1.41 bits per heavy atom. The molecule has 0 aliphatic carbocycles. The quantitative estimate of drug-likeness (QED) is 0.0207. The molecule has 3 aromatic carbocycles. The van der Waals surface area contributed by atoms with Gasteiger partial charge in [-0.15, -0.1) is 0 Å². The van der Waals surface area contributed by atoms with E-state index in [1.54, 1.807) is 130 Å². The van der Waals surface area contributed by atoms with Crippen molar-refractivity contribution in [1.82, 2.24) is 73.9 Å². The fourth-order valence-corrected chi connectivity index (χ4v) is 12.9. The number of hydrogen-bond acceptors (Lipinski definition) is 24. The highest BCUT2D eigenvalue weighted by Crippen LogP contribution is 2.41. The first-order valence-electron chi connectivity index (χ1n) is 41.3. The van der Waals surface area contributed by atoms with Crippen molar-refractivity contribution < 1.29 is 100 Å². The molecule has 0 aliphatic rings. The van der Waals surface area contributed by atoms with Crippen molar-refractivity contribution >= 4 is 87.1 Å². The van der Waals surface area contributed by atoms with Gasteiger partial charge in [-0.25, -0.2) is 19.3 Å².